The van der Waals surface area contributed by atoms with Gasteiger partial charge in [0, 0.05) is 35.0 Å². The number of methoxy groups -OCH3 is 1. The van der Waals surface area contributed by atoms with Crippen molar-refractivity contribution in [2.75, 3.05) is 17.7 Å². The maximum absolute atomic E-state index is 13.5. The van der Waals surface area contributed by atoms with E-state index in [1.54, 1.807) is 18.2 Å². The lowest BCUT2D eigenvalue weighted by Crippen LogP contribution is -2.12. The lowest BCUT2D eigenvalue weighted by Gasteiger charge is -2.14. The predicted octanol–water partition coefficient (Wildman–Crippen LogP) is 5.04. The molecular formula is C19H18ClF2N5O. The van der Waals surface area contributed by atoms with E-state index < -0.39 is 11.6 Å². The third kappa shape index (κ3) is 5.04. The van der Waals surface area contributed by atoms with Crippen LogP contribution in [0, 0.1) is 11.6 Å². The van der Waals surface area contributed by atoms with Crippen LogP contribution in [-0.4, -0.2) is 28.1 Å². The number of halogens is 3. The van der Waals surface area contributed by atoms with E-state index in [0.717, 1.165) is 6.07 Å². The van der Waals surface area contributed by atoms with Gasteiger partial charge in [0.25, 0.3) is 0 Å². The highest BCUT2D eigenvalue weighted by Gasteiger charge is 2.12. The Morgan fingerprint density at radius 1 is 0.929 bits per heavy atom. The van der Waals surface area contributed by atoms with Crippen molar-refractivity contribution in [3.05, 3.63) is 53.1 Å². The number of rotatable bonds is 6. The van der Waals surface area contributed by atoms with Crippen LogP contribution in [0.5, 0.6) is 5.88 Å². The first-order chi connectivity index (χ1) is 13.3. The van der Waals surface area contributed by atoms with E-state index in [1.807, 2.05) is 13.8 Å². The fraction of sp³-hybridized carbons (Fsp3) is 0.211. The van der Waals surface area contributed by atoms with Crippen LogP contribution in [0.25, 0.3) is 11.5 Å². The van der Waals surface area contributed by atoms with Crippen LogP contribution in [0.2, 0.25) is 5.02 Å². The number of benzene rings is 1. The SMILES string of the molecule is COc1cc(Cl)cc(-c2nc(Nc3cc(F)cc(F)c3)cc(NC(C)C)n2)n1. The fourth-order valence-electron chi connectivity index (χ4n) is 2.46. The van der Waals surface area contributed by atoms with E-state index in [0.29, 0.717) is 28.2 Å². The summed E-state index contributed by atoms with van der Waals surface area (Å²) in [5, 5.41) is 6.48. The Balaban J connectivity index is 2.05. The summed E-state index contributed by atoms with van der Waals surface area (Å²) in [4.78, 5) is 13.2. The molecule has 2 N–H and O–H groups in total. The highest BCUT2D eigenvalue weighted by Crippen LogP contribution is 2.26. The van der Waals surface area contributed by atoms with Gasteiger partial charge in [-0.3, -0.25) is 0 Å². The Labute approximate surface area is 166 Å². The van der Waals surface area contributed by atoms with Crippen molar-refractivity contribution in [2.45, 2.75) is 19.9 Å². The molecule has 0 spiro atoms. The molecule has 0 amide bonds. The molecule has 9 heteroatoms. The third-order valence-electron chi connectivity index (χ3n) is 3.50. The zero-order chi connectivity index (χ0) is 20.3. The van der Waals surface area contributed by atoms with E-state index in [2.05, 4.69) is 25.6 Å². The van der Waals surface area contributed by atoms with Crippen LogP contribution in [0.15, 0.2) is 36.4 Å². The highest BCUT2D eigenvalue weighted by atomic mass is 35.5. The summed E-state index contributed by atoms with van der Waals surface area (Å²) >= 11 is 6.12. The maximum atomic E-state index is 13.5. The zero-order valence-corrected chi connectivity index (χ0v) is 16.2. The first kappa shape index (κ1) is 19.8. The van der Waals surface area contributed by atoms with E-state index in [-0.39, 0.29) is 17.6 Å². The molecule has 0 bridgehead atoms. The molecule has 0 saturated heterocycles. The summed E-state index contributed by atoms with van der Waals surface area (Å²) in [6, 6.07) is 8.03. The summed E-state index contributed by atoms with van der Waals surface area (Å²) in [5.41, 5.74) is 0.611. The van der Waals surface area contributed by atoms with Crippen LogP contribution in [0.3, 0.4) is 0 Å². The number of nitrogens with zero attached hydrogens (tertiary/aromatic N) is 3. The van der Waals surface area contributed by atoms with Crippen molar-refractivity contribution < 1.29 is 13.5 Å². The van der Waals surface area contributed by atoms with Crippen molar-refractivity contribution in [3.63, 3.8) is 0 Å². The van der Waals surface area contributed by atoms with Crippen molar-refractivity contribution in [1.82, 2.24) is 15.0 Å². The molecule has 2 aromatic heterocycles. The molecule has 3 aromatic rings. The van der Waals surface area contributed by atoms with Crippen molar-refractivity contribution in [2.24, 2.45) is 0 Å². The van der Waals surface area contributed by atoms with Crippen molar-refractivity contribution in [1.29, 1.82) is 0 Å². The number of hydrogen-bond donors (Lipinski definition) is 2. The summed E-state index contributed by atoms with van der Waals surface area (Å²) in [6.45, 7) is 3.91. The topological polar surface area (TPSA) is 72.0 Å². The average Bonchev–Trinajstić information content (AvgIpc) is 2.59. The summed E-state index contributed by atoms with van der Waals surface area (Å²) in [5.74, 6) is 0.0389. The molecule has 0 aliphatic heterocycles. The third-order valence-corrected chi connectivity index (χ3v) is 3.72. The molecule has 1 aromatic carbocycles. The molecule has 3 rings (SSSR count). The van der Waals surface area contributed by atoms with E-state index in [1.165, 1.54) is 19.2 Å². The molecule has 0 radical (unpaired) electrons. The van der Waals surface area contributed by atoms with Gasteiger partial charge in [0.2, 0.25) is 5.88 Å². The van der Waals surface area contributed by atoms with Crippen LogP contribution < -0.4 is 15.4 Å². The Morgan fingerprint density at radius 2 is 1.61 bits per heavy atom. The van der Waals surface area contributed by atoms with E-state index >= 15 is 0 Å². The number of hydrogen-bond acceptors (Lipinski definition) is 6. The van der Waals surface area contributed by atoms with Gasteiger partial charge in [0.15, 0.2) is 5.82 Å². The Kier molecular flexibility index (Phi) is 5.89. The largest absolute Gasteiger partial charge is 0.481 e. The molecule has 146 valence electrons. The van der Waals surface area contributed by atoms with Crippen LogP contribution >= 0.6 is 11.6 Å². The smallest absolute Gasteiger partial charge is 0.215 e. The fourth-order valence-corrected chi connectivity index (χ4v) is 2.66. The van der Waals surface area contributed by atoms with E-state index in [4.69, 9.17) is 16.3 Å². The minimum atomic E-state index is -0.696. The number of anilines is 3. The number of ether oxygens (including phenoxy) is 1. The number of aromatic nitrogens is 3. The first-order valence-electron chi connectivity index (χ1n) is 8.43. The maximum Gasteiger partial charge on any atom is 0.215 e. The lowest BCUT2D eigenvalue weighted by molar-refractivity contribution is 0.398. The van der Waals surface area contributed by atoms with Gasteiger partial charge in [0.05, 0.1) is 7.11 Å². The summed E-state index contributed by atoms with van der Waals surface area (Å²) in [7, 11) is 1.48. The quantitative estimate of drug-likeness (QED) is 0.598. The molecule has 0 aliphatic rings. The molecule has 0 saturated carbocycles. The van der Waals surface area contributed by atoms with Crippen molar-refractivity contribution in [3.8, 4) is 17.4 Å². The molecule has 28 heavy (non-hydrogen) atoms. The summed E-state index contributed by atoms with van der Waals surface area (Å²) in [6.07, 6.45) is 0. The minimum absolute atomic E-state index is 0.101. The van der Waals surface area contributed by atoms with Crippen LogP contribution in [0.1, 0.15) is 13.8 Å². The minimum Gasteiger partial charge on any atom is -0.481 e. The monoisotopic (exact) mass is 405 g/mol. The van der Waals surface area contributed by atoms with Gasteiger partial charge in [-0.15, -0.1) is 0 Å². The molecule has 2 heterocycles. The second-order valence-electron chi connectivity index (χ2n) is 6.26. The zero-order valence-electron chi connectivity index (χ0n) is 15.4. The van der Waals surface area contributed by atoms with Gasteiger partial charge in [0.1, 0.15) is 29.0 Å². The molecule has 0 atom stereocenters. The van der Waals surface area contributed by atoms with Gasteiger partial charge < -0.3 is 15.4 Å². The normalized spacial score (nSPS) is 10.8. The summed E-state index contributed by atoms with van der Waals surface area (Å²) < 4.78 is 32.1. The van der Waals surface area contributed by atoms with Gasteiger partial charge in [-0.1, -0.05) is 11.6 Å². The standard InChI is InChI=1S/C19H18ClF2N5O/c1-10(2)23-16-9-17(24-14-7-12(21)6-13(22)8-14)27-19(26-16)15-4-11(20)5-18(25-15)28-3/h4-10H,1-3H3,(H2,23,24,26,27). The highest BCUT2D eigenvalue weighted by molar-refractivity contribution is 6.30. The molecule has 0 aliphatic carbocycles. The Bertz CT molecular complexity index is 980. The predicted molar refractivity (Wildman–Crippen MR) is 105 cm³/mol. The second kappa shape index (κ2) is 8.35. The molecule has 0 fully saturated rings. The van der Waals surface area contributed by atoms with Crippen LogP contribution in [-0.2, 0) is 0 Å². The number of pyridine rings is 1. The molecule has 0 unspecified atom stereocenters. The van der Waals surface area contributed by atoms with E-state index in [9.17, 15) is 8.78 Å². The van der Waals surface area contributed by atoms with Gasteiger partial charge >= 0.3 is 0 Å². The van der Waals surface area contributed by atoms with Gasteiger partial charge in [-0.2, -0.15) is 0 Å². The Hall–Kier alpha value is -3.00. The second-order valence-corrected chi connectivity index (χ2v) is 6.69. The van der Waals surface area contributed by atoms with Crippen molar-refractivity contribution >= 4 is 28.9 Å². The van der Waals surface area contributed by atoms with Gasteiger partial charge in [-0.25, -0.2) is 23.7 Å². The average molecular weight is 406 g/mol. The Morgan fingerprint density at radius 3 is 2.25 bits per heavy atom. The molecular weight excluding hydrogens is 388 g/mol. The first-order valence-corrected chi connectivity index (χ1v) is 8.81. The van der Waals surface area contributed by atoms with Crippen LogP contribution in [0.4, 0.5) is 26.1 Å². The lowest BCUT2D eigenvalue weighted by atomic mass is 10.3. The number of nitrogens with one attached hydrogen (secondary N) is 2. The molecule has 6 nitrogen and oxygen atoms in total. The van der Waals surface area contributed by atoms with Gasteiger partial charge in [-0.05, 0) is 32.0 Å².